The number of halogens is 2. The molecule has 1 nitrogen and oxygen atoms in total. The number of hydrogen-bond acceptors (Lipinski definition) is 1. The van der Waals surface area contributed by atoms with Crippen molar-refractivity contribution in [3.63, 3.8) is 0 Å². The van der Waals surface area contributed by atoms with E-state index in [2.05, 4.69) is 19.2 Å². The summed E-state index contributed by atoms with van der Waals surface area (Å²) in [6.45, 7) is 6.14. The number of benzene rings is 1. The second-order valence-electron chi connectivity index (χ2n) is 3.81. The Morgan fingerprint density at radius 2 is 1.71 bits per heavy atom. The largest absolute Gasteiger partial charge is 0.382 e. The standard InChI is InChI=1S/C11H15F2N/c1-7(2)8(3)14-9-4-5-10(12)11(13)6-9/h4-8,14H,1-3H3. The number of rotatable bonds is 3. The summed E-state index contributed by atoms with van der Waals surface area (Å²) in [7, 11) is 0. The zero-order chi connectivity index (χ0) is 10.7. The summed E-state index contributed by atoms with van der Waals surface area (Å²) in [4.78, 5) is 0. The molecule has 0 bridgehead atoms. The van der Waals surface area contributed by atoms with E-state index < -0.39 is 11.6 Å². The molecule has 0 aliphatic carbocycles. The highest BCUT2D eigenvalue weighted by atomic mass is 19.2. The van der Waals surface area contributed by atoms with Crippen molar-refractivity contribution < 1.29 is 8.78 Å². The highest BCUT2D eigenvalue weighted by Crippen LogP contribution is 2.15. The first-order valence-corrected chi connectivity index (χ1v) is 4.72. The molecule has 0 heterocycles. The third-order valence-corrected chi connectivity index (χ3v) is 2.31. The van der Waals surface area contributed by atoms with Gasteiger partial charge in [-0.05, 0) is 25.0 Å². The van der Waals surface area contributed by atoms with Crippen LogP contribution in [-0.2, 0) is 0 Å². The molecule has 1 unspecified atom stereocenters. The summed E-state index contributed by atoms with van der Waals surface area (Å²) >= 11 is 0. The first kappa shape index (κ1) is 11.0. The molecule has 78 valence electrons. The van der Waals surface area contributed by atoms with Gasteiger partial charge in [0, 0.05) is 17.8 Å². The van der Waals surface area contributed by atoms with E-state index in [1.807, 2.05) is 6.92 Å². The zero-order valence-corrected chi connectivity index (χ0v) is 8.64. The van der Waals surface area contributed by atoms with Crippen molar-refractivity contribution in [2.45, 2.75) is 26.8 Å². The quantitative estimate of drug-likeness (QED) is 0.786. The molecule has 0 saturated heterocycles. The van der Waals surface area contributed by atoms with E-state index in [9.17, 15) is 8.78 Å². The monoisotopic (exact) mass is 199 g/mol. The maximum Gasteiger partial charge on any atom is 0.160 e. The van der Waals surface area contributed by atoms with E-state index in [0.29, 0.717) is 11.6 Å². The minimum Gasteiger partial charge on any atom is -0.382 e. The van der Waals surface area contributed by atoms with Gasteiger partial charge in [0.2, 0.25) is 0 Å². The normalized spacial score (nSPS) is 13.0. The van der Waals surface area contributed by atoms with Crippen LogP contribution in [0.1, 0.15) is 20.8 Å². The Balaban J connectivity index is 2.73. The predicted octanol–water partition coefficient (Wildman–Crippen LogP) is 3.42. The third-order valence-electron chi connectivity index (χ3n) is 2.31. The van der Waals surface area contributed by atoms with Crippen molar-refractivity contribution in [1.82, 2.24) is 0 Å². The topological polar surface area (TPSA) is 12.0 Å². The molecule has 1 N–H and O–H groups in total. The lowest BCUT2D eigenvalue weighted by Crippen LogP contribution is -2.21. The molecule has 1 atom stereocenters. The Kier molecular flexibility index (Phi) is 3.44. The maximum atomic E-state index is 12.8. The van der Waals surface area contributed by atoms with Gasteiger partial charge in [0.1, 0.15) is 0 Å². The summed E-state index contributed by atoms with van der Waals surface area (Å²) in [6.07, 6.45) is 0. The van der Waals surface area contributed by atoms with Crippen molar-refractivity contribution in [3.05, 3.63) is 29.8 Å². The van der Waals surface area contributed by atoms with Crippen LogP contribution >= 0.6 is 0 Å². The average Bonchev–Trinajstić information content (AvgIpc) is 2.11. The lowest BCUT2D eigenvalue weighted by Gasteiger charge is -2.18. The van der Waals surface area contributed by atoms with Gasteiger partial charge >= 0.3 is 0 Å². The van der Waals surface area contributed by atoms with Crippen LogP contribution in [0.5, 0.6) is 0 Å². The van der Waals surface area contributed by atoms with Gasteiger partial charge in [-0.3, -0.25) is 0 Å². The van der Waals surface area contributed by atoms with Crippen LogP contribution < -0.4 is 5.32 Å². The lowest BCUT2D eigenvalue weighted by atomic mass is 10.1. The summed E-state index contributed by atoms with van der Waals surface area (Å²) in [5.41, 5.74) is 0.616. The predicted molar refractivity (Wildman–Crippen MR) is 54.3 cm³/mol. The van der Waals surface area contributed by atoms with Crippen LogP contribution in [-0.4, -0.2) is 6.04 Å². The van der Waals surface area contributed by atoms with Gasteiger partial charge in [-0.1, -0.05) is 13.8 Å². The van der Waals surface area contributed by atoms with Gasteiger partial charge in [-0.15, -0.1) is 0 Å². The number of nitrogens with one attached hydrogen (secondary N) is 1. The van der Waals surface area contributed by atoms with Gasteiger partial charge in [-0.2, -0.15) is 0 Å². The van der Waals surface area contributed by atoms with Gasteiger partial charge in [-0.25, -0.2) is 8.78 Å². The molecular weight excluding hydrogens is 184 g/mol. The maximum absolute atomic E-state index is 12.8. The van der Waals surface area contributed by atoms with Crippen LogP contribution in [0.15, 0.2) is 18.2 Å². The first-order chi connectivity index (χ1) is 6.50. The van der Waals surface area contributed by atoms with Crippen molar-refractivity contribution in [1.29, 1.82) is 0 Å². The molecule has 0 aliphatic rings. The molecule has 3 heteroatoms. The first-order valence-electron chi connectivity index (χ1n) is 4.72. The Hall–Kier alpha value is -1.12. The Morgan fingerprint density at radius 1 is 1.07 bits per heavy atom. The minimum absolute atomic E-state index is 0.236. The molecule has 0 amide bonds. The molecule has 14 heavy (non-hydrogen) atoms. The smallest absolute Gasteiger partial charge is 0.160 e. The molecule has 1 aromatic rings. The third kappa shape index (κ3) is 2.69. The fourth-order valence-electron chi connectivity index (χ4n) is 1.02. The SMILES string of the molecule is CC(C)C(C)Nc1ccc(F)c(F)c1. The summed E-state index contributed by atoms with van der Waals surface area (Å²) in [5.74, 6) is -1.18. The highest BCUT2D eigenvalue weighted by molar-refractivity contribution is 5.44. The number of hydrogen-bond donors (Lipinski definition) is 1. The van der Waals surface area contributed by atoms with Crippen LogP contribution in [0.2, 0.25) is 0 Å². The van der Waals surface area contributed by atoms with E-state index in [4.69, 9.17) is 0 Å². The van der Waals surface area contributed by atoms with Crippen LogP contribution in [0, 0.1) is 17.6 Å². The fourth-order valence-corrected chi connectivity index (χ4v) is 1.02. The van der Waals surface area contributed by atoms with E-state index >= 15 is 0 Å². The van der Waals surface area contributed by atoms with E-state index in [0.717, 1.165) is 6.07 Å². The van der Waals surface area contributed by atoms with Crippen molar-refractivity contribution >= 4 is 5.69 Å². The van der Waals surface area contributed by atoms with Gasteiger partial charge in [0.15, 0.2) is 11.6 Å². The molecule has 1 aromatic carbocycles. The van der Waals surface area contributed by atoms with Crippen LogP contribution in [0.25, 0.3) is 0 Å². The summed E-state index contributed by atoms with van der Waals surface area (Å²) in [6, 6.07) is 4.08. The molecular formula is C11H15F2N. The summed E-state index contributed by atoms with van der Waals surface area (Å²) in [5, 5.41) is 3.10. The van der Waals surface area contributed by atoms with Gasteiger partial charge < -0.3 is 5.32 Å². The van der Waals surface area contributed by atoms with Gasteiger partial charge in [0.25, 0.3) is 0 Å². The molecule has 0 saturated carbocycles. The molecule has 0 radical (unpaired) electrons. The van der Waals surface area contributed by atoms with Crippen molar-refractivity contribution in [2.75, 3.05) is 5.32 Å². The molecule has 0 fully saturated rings. The second-order valence-corrected chi connectivity index (χ2v) is 3.81. The van der Waals surface area contributed by atoms with Crippen LogP contribution in [0.4, 0.5) is 14.5 Å². The zero-order valence-electron chi connectivity index (χ0n) is 8.64. The van der Waals surface area contributed by atoms with Crippen LogP contribution in [0.3, 0.4) is 0 Å². The van der Waals surface area contributed by atoms with E-state index in [1.54, 1.807) is 0 Å². The molecule has 0 aromatic heterocycles. The molecule has 0 spiro atoms. The Morgan fingerprint density at radius 3 is 2.21 bits per heavy atom. The number of anilines is 1. The minimum atomic E-state index is -0.814. The Labute approximate surface area is 83.1 Å². The van der Waals surface area contributed by atoms with E-state index in [-0.39, 0.29) is 6.04 Å². The molecule has 0 aliphatic heterocycles. The molecule has 1 rings (SSSR count). The highest BCUT2D eigenvalue weighted by Gasteiger charge is 2.08. The lowest BCUT2D eigenvalue weighted by molar-refractivity contribution is 0.508. The van der Waals surface area contributed by atoms with Crippen molar-refractivity contribution in [3.8, 4) is 0 Å². The summed E-state index contributed by atoms with van der Waals surface area (Å²) < 4.78 is 25.4. The average molecular weight is 199 g/mol. The van der Waals surface area contributed by atoms with E-state index in [1.165, 1.54) is 12.1 Å². The Bertz CT molecular complexity index is 310. The fraction of sp³-hybridized carbons (Fsp3) is 0.455. The second kappa shape index (κ2) is 4.40. The van der Waals surface area contributed by atoms with Crippen molar-refractivity contribution in [2.24, 2.45) is 5.92 Å². The van der Waals surface area contributed by atoms with Gasteiger partial charge in [0.05, 0.1) is 0 Å².